The Hall–Kier alpha value is -2.04. The number of pyridine rings is 1. The molecule has 0 unspecified atom stereocenters. The molecule has 0 aliphatic heterocycles. The number of hydrogen-bond donors (Lipinski definition) is 1. The number of carbonyl (C=O) groups excluding carboxylic acids is 1. The topological polar surface area (TPSA) is 42.0 Å². The van der Waals surface area contributed by atoms with Crippen LogP contribution in [0.5, 0.6) is 0 Å². The standard InChI is InChI=1S/C11H8F2N2O/c12-10(13)11(16)15-9-2-1-8-6-14-4-3-7(8)5-9/h1-6,10H,(H,15,16). The fraction of sp³-hybridized carbons (Fsp3) is 0.0909. The third kappa shape index (κ3) is 2.13. The van der Waals surface area contributed by atoms with Crippen molar-refractivity contribution >= 4 is 22.4 Å². The fourth-order valence-electron chi connectivity index (χ4n) is 1.36. The second-order valence-electron chi connectivity index (χ2n) is 3.23. The molecule has 1 heterocycles. The van der Waals surface area contributed by atoms with Crippen molar-refractivity contribution < 1.29 is 13.6 Å². The van der Waals surface area contributed by atoms with Crippen molar-refractivity contribution in [3.63, 3.8) is 0 Å². The van der Waals surface area contributed by atoms with Gasteiger partial charge in [-0.25, -0.2) is 0 Å². The molecule has 1 aromatic heterocycles. The summed E-state index contributed by atoms with van der Waals surface area (Å²) in [6, 6.07) is 6.64. The molecule has 0 aliphatic rings. The Bertz CT molecular complexity index is 528. The summed E-state index contributed by atoms with van der Waals surface area (Å²) in [5.74, 6) is -1.30. The number of nitrogens with zero attached hydrogens (tertiary/aromatic N) is 1. The average Bonchev–Trinajstić information content (AvgIpc) is 2.28. The monoisotopic (exact) mass is 222 g/mol. The van der Waals surface area contributed by atoms with Crippen molar-refractivity contribution in [2.45, 2.75) is 6.43 Å². The number of rotatable bonds is 2. The Kier molecular flexibility index (Phi) is 2.76. The van der Waals surface area contributed by atoms with Crippen LogP contribution >= 0.6 is 0 Å². The highest BCUT2D eigenvalue weighted by molar-refractivity contribution is 5.95. The summed E-state index contributed by atoms with van der Waals surface area (Å²) in [4.78, 5) is 14.7. The van der Waals surface area contributed by atoms with Crippen LogP contribution < -0.4 is 5.32 Å². The van der Waals surface area contributed by atoms with E-state index >= 15 is 0 Å². The van der Waals surface area contributed by atoms with Gasteiger partial charge in [0, 0.05) is 23.5 Å². The lowest BCUT2D eigenvalue weighted by atomic mass is 10.1. The van der Waals surface area contributed by atoms with E-state index in [0.29, 0.717) is 5.69 Å². The van der Waals surface area contributed by atoms with Gasteiger partial charge in [-0.05, 0) is 23.6 Å². The van der Waals surface area contributed by atoms with Gasteiger partial charge in [-0.2, -0.15) is 8.78 Å². The van der Waals surface area contributed by atoms with E-state index in [1.165, 1.54) is 0 Å². The minimum atomic E-state index is -3.01. The molecular weight excluding hydrogens is 214 g/mol. The van der Waals surface area contributed by atoms with Gasteiger partial charge in [0.1, 0.15) is 0 Å². The van der Waals surface area contributed by atoms with Crippen molar-refractivity contribution in [3.8, 4) is 0 Å². The fourth-order valence-corrected chi connectivity index (χ4v) is 1.36. The van der Waals surface area contributed by atoms with Crippen LogP contribution in [-0.2, 0) is 4.79 Å². The third-order valence-electron chi connectivity index (χ3n) is 2.11. The molecule has 16 heavy (non-hydrogen) atoms. The number of hydrogen-bond acceptors (Lipinski definition) is 2. The van der Waals surface area contributed by atoms with Gasteiger partial charge in [-0.1, -0.05) is 6.07 Å². The van der Waals surface area contributed by atoms with Gasteiger partial charge < -0.3 is 5.32 Å². The first-order chi connectivity index (χ1) is 7.66. The largest absolute Gasteiger partial charge is 0.321 e. The SMILES string of the molecule is O=C(Nc1ccc2cnccc2c1)C(F)F. The molecule has 5 heteroatoms. The molecule has 1 N–H and O–H groups in total. The predicted octanol–water partition coefficient (Wildman–Crippen LogP) is 2.44. The molecule has 0 radical (unpaired) electrons. The first-order valence-electron chi connectivity index (χ1n) is 4.59. The Labute approximate surface area is 90.1 Å². The molecule has 0 aliphatic carbocycles. The molecule has 0 fully saturated rings. The zero-order chi connectivity index (χ0) is 11.5. The summed E-state index contributed by atoms with van der Waals surface area (Å²) in [6.45, 7) is 0. The summed E-state index contributed by atoms with van der Waals surface area (Å²) in [5.41, 5.74) is 0.351. The highest BCUT2D eigenvalue weighted by atomic mass is 19.3. The van der Waals surface area contributed by atoms with Crippen LogP contribution in [0.3, 0.4) is 0 Å². The first kappa shape index (κ1) is 10.5. The molecule has 0 saturated carbocycles. The summed E-state index contributed by atoms with van der Waals surface area (Å²) >= 11 is 0. The van der Waals surface area contributed by atoms with Gasteiger partial charge >= 0.3 is 6.43 Å². The second kappa shape index (κ2) is 4.22. The van der Waals surface area contributed by atoms with Crippen LogP contribution in [-0.4, -0.2) is 17.3 Å². The molecule has 0 spiro atoms. The smallest absolute Gasteiger partial charge is 0.315 e. The van der Waals surface area contributed by atoms with E-state index in [1.54, 1.807) is 36.7 Å². The lowest BCUT2D eigenvalue weighted by Gasteiger charge is -2.05. The van der Waals surface area contributed by atoms with Crippen LogP contribution in [0, 0.1) is 0 Å². The van der Waals surface area contributed by atoms with Crippen LogP contribution in [0.15, 0.2) is 36.7 Å². The first-order valence-corrected chi connectivity index (χ1v) is 4.59. The van der Waals surface area contributed by atoms with Gasteiger partial charge in [0.25, 0.3) is 5.91 Å². The van der Waals surface area contributed by atoms with Crippen molar-refractivity contribution in [1.82, 2.24) is 4.98 Å². The average molecular weight is 222 g/mol. The lowest BCUT2D eigenvalue weighted by Crippen LogP contribution is -2.19. The molecule has 0 atom stereocenters. The number of benzene rings is 1. The van der Waals surface area contributed by atoms with Crippen molar-refractivity contribution in [2.24, 2.45) is 0 Å². The van der Waals surface area contributed by atoms with Gasteiger partial charge in [0.2, 0.25) is 0 Å². The van der Waals surface area contributed by atoms with E-state index in [4.69, 9.17) is 0 Å². The number of anilines is 1. The van der Waals surface area contributed by atoms with Crippen LogP contribution in [0.25, 0.3) is 10.8 Å². The normalized spacial score (nSPS) is 10.7. The molecule has 2 aromatic rings. The molecule has 2 rings (SSSR count). The number of fused-ring (bicyclic) bond motifs is 1. The maximum atomic E-state index is 12.0. The number of carbonyl (C=O) groups is 1. The third-order valence-corrected chi connectivity index (χ3v) is 2.11. The van der Waals surface area contributed by atoms with Crippen molar-refractivity contribution in [1.29, 1.82) is 0 Å². The van der Waals surface area contributed by atoms with E-state index in [-0.39, 0.29) is 0 Å². The second-order valence-corrected chi connectivity index (χ2v) is 3.23. The van der Waals surface area contributed by atoms with E-state index in [0.717, 1.165) is 10.8 Å². The molecule has 82 valence electrons. The number of alkyl halides is 2. The lowest BCUT2D eigenvalue weighted by molar-refractivity contribution is -0.126. The Morgan fingerprint density at radius 2 is 2.06 bits per heavy atom. The molecule has 1 aromatic carbocycles. The molecule has 3 nitrogen and oxygen atoms in total. The highest BCUT2D eigenvalue weighted by Gasteiger charge is 2.14. The van der Waals surface area contributed by atoms with Crippen LogP contribution in [0.1, 0.15) is 0 Å². The zero-order valence-corrected chi connectivity index (χ0v) is 8.15. The maximum Gasteiger partial charge on any atom is 0.315 e. The summed E-state index contributed by atoms with van der Waals surface area (Å²) < 4.78 is 24.0. The molecular formula is C11H8F2N2O. The predicted molar refractivity (Wildman–Crippen MR) is 56.4 cm³/mol. The number of aromatic nitrogens is 1. The van der Waals surface area contributed by atoms with Gasteiger partial charge in [-0.15, -0.1) is 0 Å². The minimum absolute atomic E-state index is 0.351. The molecule has 1 amide bonds. The van der Waals surface area contributed by atoms with E-state index < -0.39 is 12.3 Å². The quantitative estimate of drug-likeness (QED) is 0.847. The highest BCUT2D eigenvalue weighted by Crippen LogP contribution is 2.18. The zero-order valence-electron chi connectivity index (χ0n) is 8.15. The number of halogens is 2. The van der Waals surface area contributed by atoms with Gasteiger partial charge in [0.05, 0.1) is 0 Å². The summed E-state index contributed by atoms with van der Waals surface area (Å²) in [7, 11) is 0. The Morgan fingerprint density at radius 3 is 2.81 bits per heavy atom. The summed E-state index contributed by atoms with van der Waals surface area (Å²) in [6.07, 6.45) is 0.253. The molecule has 0 saturated heterocycles. The van der Waals surface area contributed by atoms with Crippen molar-refractivity contribution in [2.75, 3.05) is 5.32 Å². The number of nitrogens with one attached hydrogen (secondary N) is 1. The van der Waals surface area contributed by atoms with E-state index in [2.05, 4.69) is 10.3 Å². The minimum Gasteiger partial charge on any atom is -0.321 e. The van der Waals surface area contributed by atoms with Crippen molar-refractivity contribution in [3.05, 3.63) is 36.7 Å². The molecule has 0 bridgehead atoms. The van der Waals surface area contributed by atoms with Gasteiger partial charge in [0.15, 0.2) is 0 Å². The van der Waals surface area contributed by atoms with Gasteiger partial charge in [-0.3, -0.25) is 9.78 Å². The number of amides is 1. The maximum absolute atomic E-state index is 12.0. The van der Waals surface area contributed by atoms with E-state index in [9.17, 15) is 13.6 Å². The summed E-state index contributed by atoms with van der Waals surface area (Å²) in [5, 5.41) is 3.85. The van der Waals surface area contributed by atoms with E-state index in [1.807, 2.05) is 0 Å². The van der Waals surface area contributed by atoms with Crippen LogP contribution in [0.4, 0.5) is 14.5 Å². The Balaban J connectivity index is 2.29. The Morgan fingerprint density at radius 1 is 1.25 bits per heavy atom. The van der Waals surface area contributed by atoms with Crippen LogP contribution in [0.2, 0.25) is 0 Å².